The van der Waals surface area contributed by atoms with Gasteiger partial charge in [0.2, 0.25) is 0 Å². The molecule has 4 nitrogen and oxygen atoms in total. The van der Waals surface area contributed by atoms with Gasteiger partial charge in [-0.15, -0.1) is 11.3 Å². The highest BCUT2D eigenvalue weighted by atomic mass is 32.1. The Morgan fingerprint density at radius 1 is 1.50 bits per heavy atom. The zero-order valence-electron chi connectivity index (χ0n) is 11.0. The molecule has 0 saturated carbocycles. The van der Waals surface area contributed by atoms with Crippen molar-refractivity contribution in [3.63, 3.8) is 0 Å². The monoisotopic (exact) mass is 268 g/mol. The molecule has 0 aliphatic heterocycles. The number of nitrogens with zero attached hydrogens (tertiary/aromatic N) is 2. The van der Waals surface area contributed by atoms with Crippen molar-refractivity contribution < 1.29 is 9.84 Å². The molecule has 2 unspecified atom stereocenters. The van der Waals surface area contributed by atoms with Crippen molar-refractivity contribution in [2.45, 2.75) is 39.4 Å². The summed E-state index contributed by atoms with van der Waals surface area (Å²) in [6.45, 7) is 6.71. The summed E-state index contributed by atoms with van der Waals surface area (Å²) in [6.07, 6.45) is 3.85. The SMILES string of the molecule is CCOC(C(C)C)C(O)Cc1cn2ccsc2n1. The number of aliphatic hydroxyl groups excluding tert-OH is 1. The molecule has 0 fully saturated rings. The van der Waals surface area contributed by atoms with Crippen molar-refractivity contribution in [1.82, 2.24) is 9.38 Å². The minimum atomic E-state index is -0.505. The molecule has 18 heavy (non-hydrogen) atoms. The summed E-state index contributed by atoms with van der Waals surface area (Å²) in [7, 11) is 0. The second-order valence-electron chi connectivity index (χ2n) is 4.76. The Morgan fingerprint density at radius 3 is 2.89 bits per heavy atom. The molecule has 0 aromatic carbocycles. The normalized spacial score (nSPS) is 15.4. The van der Waals surface area contributed by atoms with Crippen LogP contribution in [0.3, 0.4) is 0 Å². The van der Waals surface area contributed by atoms with Crippen LogP contribution in [0.15, 0.2) is 17.8 Å². The average Bonchev–Trinajstić information content (AvgIpc) is 2.85. The van der Waals surface area contributed by atoms with Gasteiger partial charge < -0.3 is 9.84 Å². The van der Waals surface area contributed by atoms with E-state index in [0.717, 1.165) is 10.7 Å². The van der Waals surface area contributed by atoms with E-state index in [4.69, 9.17) is 4.74 Å². The first kappa shape index (κ1) is 13.5. The summed E-state index contributed by atoms with van der Waals surface area (Å²) in [5.74, 6) is 0.295. The summed E-state index contributed by atoms with van der Waals surface area (Å²) in [4.78, 5) is 5.45. The Bertz CT molecular complexity index is 463. The fourth-order valence-electron chi connectivity index (χ4n) is 2.15. The average molecular weight is 268 g/mol. The first-order chi connectivity index (χ1) is 8.61. The number of aliphatic hydroxyl groups is 1. The summed E-state index contributed by atoms with van der Waals surface area (Å²) < 4.78 is 7.59. The van der Waals surface area contributed by atoms with E-state index in [1.165, 1.54) is 0 Å². The van der Waals surface area contributed by atoms with Gasteiger partial charge in [0.25, 0.3) is 0 Å². The van der Waals surface area contributed by atoms with E-state index in [2.05, 4.69) is 18.8 Å². The molecule has 0 radical (unpaired) electrons. The van der Waals surface area contributed by atoms with Gasteiger partial charge in [-0.3, -0.25) is 4.40 Å². The Hall–Kier alpha value is -0.910. The molecular weight excluding hydrogens is 248 g/mol. The lowest BCUT2D eigenvalue weighted by molar-refractivity contribution is -0.0565. The van der Waals surface area contributed by atoms with Crippen molar-refractivity contribution in [2.24, 2.45) is 5.92 Å². The minimum Gasteiger partial charge on any atom is -0.390 e. The van der Waals surface area contributed by atoms with Crippen LogP contribution in [0.25, 0.3) is 4.96 Å². The van der Waals surface area contributed by atoms with Crippen LogP contribution in [-0.4, -0.2) is 33.3 Å². The van der Waals surface area contributed by atoms with E-state index in [1.54, 1.807) is 11.3 Å². The number of aromatic nitrogens is 2. The molecular formula is C13H20N2O2S. The molecule has 2 heterocycles. The fraction of sp³-hybridized carbons (Fsp3) is 0.615. The lowest BCUT2D eigenvalue weighted by atomic mass is 9.98. The van der Waals surface area contributed by atoms with Crippen molar-refractivity contribution >= 4 is 16.3 Å². The van der Waals surface area contributed by atoms with Crippen molar-refractivity contribution in [1.29, 1.82) is 0 Å². The van der Waals surface area contributed by atoms with Crippen LogP contribution in [0.4, 0.5) is 0 Å². The standard InChI is InChI=1S/C13H20N2O2S/c1-4-17-12(9(2)3)11(16)7-10-8-15-5-6-18-13(15)14-10/h5-6,8-9,11-12,16H,4,7H2,1-3H3. The third-order valence-corrected chi connectivity index (χ3v) is 3.73. The molecule has 0 aliphatic carbocycles. The molecule has 0 saturated heterocycles. The Balaban J connectivity index is 2.05. The zero-order chi connectivity index (χ0) is 13.1. The number of hydrogen-bond donors (Lipinski definition) is 1. The number of thiazole rings is 1. The molecule has 5 heteroatoms. The lowest BCUT2D eigenvalue weighted by Gasteiger charge is -2.25. The van der Waals surface area contributed by atoms with Crippen LogP contribution in [0.5, 0.6) is 0 Å². The van der Waals surface area contributed by atoms with E-state index >= 15 is 0 Å². The van der Waals surface area contributed by atoms with E-state index < -0.39 is 6.10 Å². The lowest BCUT2D eigenvalue weighted by Crippen LogP contribution is -2.35. The third kappa shape index (κ3) is 2.91. The number of ether oxygens (including phenoxy) is 1. The fourth-order valence-corrected chi connectivity index (χ4v) is 2.86. The number of imidazole rings is 1. The molecule has 1 N–H and O–H groups in total. The summed E-state index contributed by atoms with van der Waals surface area (Å²) in [5.41, 5.74) is 0.916. The molecule has 2 aromatic rings. The maximum atomic E-state index is 10.3. The summed E-state index contributed by atoms with van der Waals surface area (Å²) in [6, 6.07) is 0. The molecule has 2 atom stereocenters. The van der Waals surface area contributed by atoms with Crippen molar-refractivity contribution in [2.75, 3.05) is 6.61 Å². The molecule has 0 bridgehead atoms. The van der Waals surface area contributed by atoms with E-state index in [0.29, 0.717) is 18.9 Å². The van der Waals surface area contributed by atoms with Gasteiger partial charge in [0, 0.05) is 30.8 Å². The second-order valence-corrected chi connectivity index (χ2v) is 5.63. The van der Waals surface area contributed by atoms with Gasteiger partial charge >= 0.3 is 0 Å². The Labute approximate surface area is 111 Å². The zero-order valence-corrected chi connectivity index (χ0v) is 11.9. The van der Waals surface area contributed by atoms with Crippen LogP contribution < -0.4 is 0 Å². The molecule has 2 aromatic heterocycles. The van der Waals surface area contributed by atoms with E-state index in [1.807, 2.05) is 29.1 Å². The number of fused-ring (bicyclic) bond motifs is 1. The minimum absolute atomic E-state index is 0.130. The van der Waals surface area contributed by atoms with Gasteiger partial charge in [-0.05, 0) is 12.8 Å². The van der Waals surface area contributed by atoms with Gasteiger partial charge in [-0.25, -0.2) is 4.98 Å². The number of hydrogen-bond acceptors (Lipinski definition) is 4. The molecule has 0 amide bonds. The Morgan fingerprint density at radius 2 is 2.28 bits per heavy atom. The first-order valence-electron chi connectivity index (χ1n) is 6.32. The van der Waals surface area contributed by atoms with Crippen LogP contribution in [0.1, 0.15) is 26.5 Å². The van der Waals surface area contributed by atoms with E-state index in [-0.39, 0.29) is 6.10 Å². The van der Waals surface area contributed by atoms with Crippen LogP contribution in [-0.2, 0) is 11.2 Å². The van der Waals surface area contributed by atoms with Crippen LogP contribution in [0, 0.1) is 5.92 Å². The van der Waals surface area contributed by atoms with Gasteiger partial charge in [0.1, 0.15) is 0 Å². The van der Waals surface area contributed by atoms with Gasteiger partial charge in [0.15, 0.2) is 4.96 Å². The van der Waals surface area contributed by atoms with Crippen LogP contribution in [0.2, 0.25) is 0 Å². The molecule has 0 aliphatic rings. The van der Waals surface area contributed by atoms with Crippen LogP contribution >= 0.6 is 11.3 Å². The smallest absolute Gasteiger partial charge is 0.193 e. The predicted molar refractivity (Wildman–Crippen MR) is 73.0 cm³/mol. The highest BCUT2D eigenvalue weighted by molar-refractivity contribution is 7.15. The largest absolute Gasteiger partial charge is 0.390 e. The molecule has 0 spiro atoms. The quantitative estimate of drug-likeness (QED) is 0.875. The Kier molecular flexibility index (Phi) is 4.37. The van der Waals surface area contributed by atoms with E-state index in [9.17, 15) is 5.11 Å². The molecule has 100 valence electrons. The number of rotatable bonds is 6. The first-order valence-corrected chi connectivity index (χ1v) is 7.20. The van der Waals surface area contributed by atoms with Crippen molar-refractivity contribution in [3.05, 3.63) is 23.5 Å². The third-order valence-electron chi connectivity index (χ3n) is 2.96. The highest BCUT2D eigenvalue weighted by Gasteiger charge is 2.24. The maximum Gasteiger partial charge on any atom is 0.193 e. The molecule has 2 rings (SSSR count). The highest BCUT2D eigenvalue weighted by Crippen LogP contribution is 2.17. The summed E-state index contributed by atoms with van der Waals surface area (Å²) in [5, 5.41) is 12.3. The topological polar surface area (TPSA) is 46.8 Å². The van der Waals surface area contributed by atoms with Gasteiger partial charge in [-0.2, -0.15) is 0 Å². The maximum absolute atomic E-state index is 10.3. The van der Waals surface area contributed by atoms with Gasteiger partial charge in [-0.1, -0.05) is 13.8 Å². The second kappa shape index (κ2) is 5.82. The van der Waals surface area contributed by atoms with Gasteiger partial charge in [0.05, 0.1) is 17.9 Å². The summed E-state index contributed by atoms with van der Waals surface area (Å²) >= 11 is 1.60. The predicted octanol–water partition coefficient (Wildman–Crippen LogP) is 2.36. The van der Waals surface area contributed by atoms with Crippen molar-refractivity contribution in [3.8, 4) is 0 Å².